The summed E-state index contributed by atoms with van der Waals surface area (Å²) in [5.41, 5.74) is 2.43. The quantitative estimate of drug-likeness (QED) is 0.684. The van der Waals surface area contributed by atoms with E-state index in [1.165, 1.54) is 0 Å². The lowest BCUT2D eigenvalue weighted by molar-refractivity contribution is -0.136. The van der Waals surface area contributed by atoms with Gasteiger partial charge in [0.2, 0.25) is 5.91 Å². The van der Waals surface area contributed by atoms with Crippen molar-refractivity contribution in [3.05, 3.63) is 53.1 Å². The smallest absolute Gasteiger partial charge is 0.311 e. The Hall–Kier alpha value is -3.29. The number of aromatic nitrogens is 3. The number of hydrogen-bond donors (Lipinski definition) is 3. The summed E-state index contributed by atoms with van der Waals surface area (Å²) >= 11 is 0. The Bertz CT molecular complexity index is 901. The van der Waals surface area contributed by atoms with Crippen molar-refractivity contribution >= 4 is 23.2 Å². The zero-order valence-electron chi connectivity index (χ0n) is 14.9. The van der Waals surface area contributed by atoms with Crippen molar-refractivity contribution in [2.24, 2.45) is 0 Å². The molecule has 0 aliphatic heterocycles. The largest absolute Gasteiger partial charge is 0.481 e. The summed E-state index contributed by atoms with van der Waals surface area (Å²) in [5, 5.41) is 18.0. The Balaban J connectivity index is 1.68. The van der Waals surface area contributed by atoms with Gasteiger partial charge in [-0.3, -0.25) is 19.5 Å². The summed E-state index contributed by atoms with van der Waals surface area (Å²) < 4.78 is 0. The summed E-state index contributed by atoms with van der Waals surface area (Å²) in [6.07, 6.45) is 0.789. The predicted molar refractivity (Wildman–Crippen MR) is 96.5 cm³/mol. The van der Waals surface area contributed by atoms with Gasteiger partial charge in [-0.25, -0.2) is 4.98 Å². The van der Waals surface area contributed by atoms with E-state index in [0.29, 0.717) is 24.2 Å². The Kier molecular flexibility index (Phi) is 5.44. The molecule has 1 heterocycles. The van der Waals surface area contributed by atoms with Crippen molar-refractivity contribution in [1.82, 2.24) is 20.5 Å². The van der Waals surface area contributed by atoms with E-state index in [1.807, 2.05) is 30.3 Å². The number of aromatic amines is 1. The first kappa shape index (κ1) is 18.5. The zero-order valence-corrected chi connectivity index (χ0v) is 14.9. The van der Waals surface area contributed by atoms with Gasteiger partial charge in [0.15, 0.2) is 11.6 Å². The fourth-order valence-electron chi connectivity index (χ4n) is 3.12. The third-order valence-corrected chi connectivity index (χ3v) is 4.39. The summed E-state index contributed by atoms with van der Waals surface area (Å²) in [6, 6.07) is 9.09. The number of carboxylic acids is 1. The zero-order chi connectivity index (χ0) is 19.4. The second-order valence-corrected chi connectivity index (χ2v) is 6.42. The second kappa shape index (κ2) is 7.94. The van der Waals surface area contributed by atoms with Crippen LogP contribution in [-0.4, -0.2) is 37.9 Å². The van der Waals surface area contributed by atoms with Gasteiger partial charge in [0.25, 0.3) is 0 Å². The van der Waals surface area contributed by atoms with Crippen molar-refractivity contribution in [2.45, 2.75) is 38.6 Å². The molecule has 0 saturated heterocycles. The maximum atomic E-state index is 12.4. The van der Waals surface area contributed by atoms with Crippen LogP contribution in [0.15, 0.2) is 35.9 Å². The van der Waals surface area contributed by atoms with Gasteiger partial charge >= 0.3 is 5.97 Å². The number of nitrogens with zero attached hydrogens (tertiary/aromatic N) is 2. The van der Waals surface area contributed by atoms with Gasteiger partial charge in [-0.2, -0.15) is 5.10 Å². The van der Waals surface area contributed by atoms with Crippen LogP contribution in [0.5, 0.6) is 0 Å². The van der Waals surface area contributed by atoms with Crippen molar-refractivity contribution in [1.29, 1.82) is 0 Å². The topological polar surface area (TPSA) is 125 Å². The molecule has 0 spiro atoms. The normalized spacial score (nSPS) is 15.1. The molecule has 0 bridgehead atoms. The van der Waals surface area contributed by atoms with E-state index in [0.717, 1.165) is 11.1 Å². The highest BCUT2D eigenvalue weighted by Gasteiger charge is 2.26. The van der Waals surface area contributed by atoms with Gasteiger partial charge < -0.3 is 10.4 Å². The molecular weight excluding hydrogens is 348 g/mol. The molecule has 8 nitrogen and oxygen atoms in total. The minimum Gasteiger partial charge on any atom is -0.481 e. The first-order valence-corrected chi connectivity index (χ1v) is 8.67. The number of ketones is 1. The number of aliphatic carboxylic acids is 1. The lowest BCUT2D eigenvalue weighted by Gasteiger charge is -2.12. The van der Waals surface area contributed by atoms with Gasteiger partial charge in [-0.1, -0.05) is 30.3 Å². The highest BCUT2D eigenvalue weighted by molar-refractivity contribution is 6.10. The molecule has 1 aliphatic carbocycles. The summed E-state index contributed by atoms with van der Waals surface area (Å²) in [4.78, 5) is 39.4. The van der Waals surface area contributed by atoms with Crippen molar-refractivity contribution in [3.8, 4) is 0 Å². The number of carbonyl (C=O) groups is 3. The van der Waals surface area contributed by atoms with Crippen LogP contribution in [0.4, 0.5) is 0 Å². The summed E-state index contributed by atoms with van der Waals surface area (Å²) in [5.74, 6) is -0.799. The number of allylic oxidation sites excluding steroid dienone is 1. The lowest BCUT2D eigenvalue weighted by atomic mass is 10.00. The van der Waals surface area contributed by atoms with Crippen LogP contribution in [0.3, 0.4) is 0 Å². The number of carbonyl (C=O) groups excluding carboxylic acids is 2. The highest BCUT2D eigenvalue weighted by atomic mass is 16.4. The Morgan fingerprint density at radius 1 is 1.22 bits per heavy atom. The fraction of sp³-hybridized carbons (Fsp3) is 0.316. The molecule has 1 aliphatic rings. The number of rotatable bonds is 7. The van der Waals surface area contributed by atoms with Crippen LogP contribution < -0.4 is 5.32 Å². The molecule has 140 valence electrons. The number of carboxylic acid groups (broad SMARTS) is 1. The predicted octanol–water partition coefficient (Wildman–Crippen LogP) is 1.82. The first-order valence-electron chi connectivity index (χ1n) is 8.67. The van der Waals surface area contributed by atoms with Crippen molar-refractivity contribution in [3.63, 3.8) is 0 Å². The van der Waals surface area contributed by atoms with E-state index in [2.05, 4.69) is 20.5 Å². The summed E-state index contributed by atoms with van der Waals surface area (Å²) in [6.45, 7) is 1.70. The van der Waals surface area contributed by atoms with E-state index in [1.54, 1.807) is 6.92 Å². The maximum Gasteiger partial charge on any atom is 0.311 e. The third kappa shape index (κ3) is 4.46. The molecule has 1 aromatic carbocycles. The third-order valence-electron chi connectivity index (χ3n) is 4.39. The Morgan fingerprint density at radius 2 is 1.96 bits per heavy atom. The Morgan fingerprint density at radius 3 is 2.67 bits per heavy atom. The first-order chi connectivity index (χ1) is 12.9. The van der Waals surface area contributed by atoms with Crippen LogP contribution in [0.25, 0.3) is 5.57 Å². The van der Waals surface area contributed by atoms with Gasteiger partial charge in [0.05, 0.1) is 12.5 Å². The van der Waals surface area contributed by atoms with E-state index >= 15 is 0 Å². The molecule has 1 unspecified atom stereocenters. The number of Topliss-reactive ketones (excluding diaryl/α,β-unsaturated/α-hetero) is 1. The number of hydrogen-bond acceptors (Lipinski definition) is 5. The molecule has 3 rings (SSSR count). The van der Waals surface area contributed by atoms with Crippen molar-refractivity contribution < 1.29 is 19.5 Å². The van der Waals surface area contributed by atoms with Gasteiger partial charge in [-0.05, 0) is 24.5 Å². The van der Waals surface area contributed by atoms with Crippen LogP contribution in [0, 0.1) is 0 Å². The van der Waals surface area contributed by atoms with E-state index < -0.39 is 12.0 Å². The van der Waals surface area contributed by atoms with Crippen LogP contribution in [0.2, 0.25) is 0 Å². The number of benzene rings is 1. The highest BCUT2D eigenvalue weighted by Crippen LogP contribution is 2.33. The van der Waals surface area contributed by atoms with Crippen LogP contribution >= 0.6 is 0 Å². The van der Waals surface area contributed by atoms with Crippen LogP contribution in [-0.2, 0) is 20.8 Å². The van der Waals surface area contributed by atoms with E-state index in [9.17, 15) is 14.4 Å². The molecule has 0 saturated carbocycles. The molecule has 1 amide bonds. The molecule has 1 aromatic heterocycles. The SMILES string of the molecule is CC(NC(=O)CC1=C(c2ccccc2)CCC1=O)c1n[nH]c(CC(=O)O)n1. The van der Waals surface area contributed by atoms with Gasteiger partial charge in [0, 0.05) is 12.0 Å². The minimum atomic E-state index is -1.02. The molecule has 8 heteroatoms. The van der Waals surface area contributed by atoms with Crippen LogP contribution in [0.1, 0.15) is 49.4 Å². The Labute approximate surface area is 155 Å². The minimum absolute atomic E-state index is 0.000192. The summed E-state index contributed by atoms with van der Waals surface area (Å²) in [7, 11) is 0. The number of amides is 1. The van der Waals surface area contributed by atoms with E-state index in [-0.39, 0.29) is 30.4 Å². The monoisotopic (exact) mass is 368 g/mol. The number of nitrogens with one attached hydrogen (secondary N) is 2. The average Bonchev–Trinajstić information content (AvgIpc) is 3.23. The molecule has 1 atom stereocenters. The molecule has 0 fully saturated rings. The average molecular weight is 368 g/mol. The molecular formula is C19H20N4O4. The molecule has 2 aromatic rings. The van der Waals surface area contributed by atoms with E-state index in [4.69, 9.17) is 5.11 Å². The van der Waals surface area contributed by atoms with Gasteiger partial charge in [-0.15, -0.1) is 0 Å². The maximum absolute atomic E-state index is 12.4. The second-order valence-electron chi connectivity index (χ2n) is 6.42. The van der Waals surface area contributed by atoms with Crippen molar-refractivity contribution in [2.75, 3.05) is 0 Å². The molecule has 0 radical (unpaired) electrons. The fourth-order valence-corrected chi connectivity index (χ4v) is 3.12. The lowest BCUT2D eigenvalue weighted by Crippen LogP contribution is -2.28. The van der Waals surface area contributed by atoms with Gasteiger partial charge in [0.1, 0.15) is 12.2 Å². The number of H-pyrrole nitrogens is 1. The molecule has 27 heavy (non-hydrogen) atoms. The molecule has 3 N–H and O–H groups in total. The standard InChI is InChI=1S/C19H20N4O4/c1-11(19-21-16(22-23-19)10-18(26)27)20-17(25)9-14-13(7-8-15(14)24)12-5-3-2-4-6-12/h2-6,11H,7-10H2,1H3,(H,20,25)(H,26,27)(H,21,22,23).